The normalized spacial score (nSPS) is 17.7. The fraction of sp³-hybridized carbons (Fsp3) is 0.296. The van der Waals surface area contributed by atoms with Crippen molar-refractivity contribution in [1.82, 2.24) is 19.4 Å². The summed E-state index contributed by atoms with van der Waals surface area (Å²) in [6.45, 7) is 5.88. The summed E-state index contributed by atoms with van der Waals surface area (Å²) < 4.78 is 7.77. The summed E-state index contributed by atoms with van der Waals surface area (Å²) in [6.07, 6.45) is 0.815. The van der Waals surface area contributed by atoms with E-state index in [1.165, 1.54) is 5.56 Å². The van der Waals surface area contributed by atoms with Gasteiger partial charge >= 0.3 is 0 Å². The maximum Gasteiger partial charge on any atom is 0.249 e. The largest absolute Gasteiger partial charge is 0.378 e. The van der Waals surface area contributed by atoms with Crippen LogP contribution in [0.2, 0.25) is 0 Å². The van der Waals surface area contributed by atoms with Crippen molar-refractivity contribution in [3.8, 4) is 5.95 Å². The van der Waals surface area contributed by atoms with Crippen LogP contribution in [-0.4, -0.2) is 51.1 Å². The molecule has 1 unspecified atom stereocenters. The van der Waals surface area contributed by atoms with Gasteiger partial charge in [-0.3, -0.25) is 14.3 Å². The molecule has 4 heterocycles. The Morgan fingerprint density at radius 1 is 1.17 bits per heavy atom. The average Bonchev–Trinajstić information content (AvgIpc) is 3.22. The van der Waals surface area contributed by atoms with Gasteiger partial charge in [0, 0.05) is 54.3 Å². The van der Waals surface area contributed by atoms with E-state index >= 15 is 0 Å². The van der Waals surface area contributed by atoms with Crippen LogP contribution in [0.1, 0.15) is 32.9 Å². The zero-order valence-corrected chi connectivity index (χ0v) is 19.7. The highest BCUT2D eigenvalue weighted by Crippen LogP contribution is 2.32. The number of hydrogen-bond donors (Lipinski definition) is 2. The molecule has 0 spiro atoms. The first-order valence-electron chi connectivity index (χ1n) is 12.0. The molecule has 6 rings (SSSR count). The molecule has 35 heavy (non-hydrogen) atoms. The molecule has 1 fully saturated rings. The van der Waals surface area contributed by atoms with Crippen molar-refractivity contribution in [2.75, 3.05) is 25.1 Å². The maximum atomic E-state index is 12.0. The van der Waals surface area contributed by atoms with E-state index in [0.29, 0.717) is 24.1 Å². The second-order valence-electron chi connectivity index (χ2n) is 9.26. The SMILES string of the molecule is Cc1cc2c(C(N)=O)cccc2n1-c1nc2c(c(NCc3ccccc3)n1)CN1CCOCC1C2. The number of amides is 1. The number of hydrogen-bond acceptors (Lipinski definition) is 6. The van der Waals surface area contributed by atoms with Gasteiger partial charge in [-0.1, -0.05) is 36.4 Å². The van der Waals surface area contributed by atoms with Crippen molar-refractivity contribution in [2.24, 2.45) is 5.73 Å². The number of nitrogens with two attached hydrogens (primary N) is 1. The zero-order chi connectivity index (χ0) is 23.9. The van der Waals surface area contributed by atoms with Crippen LogP contribution in [0.15, 0.2) is 54.6 Å². The van der Waals surface area contributed by atoms with Gasteiger partial charge in [0.05, 0.1) is 24.4 Å². The molecule has 4 aromatic rings. The number of primary amides is 1. The lowest BCUT2D eigenvalue weighted by atomic mass is 9.98. The fourth-order valence-corrected chi connectivity index (χ4v) is 5.24. The van der Waals surface area contributed by atoms with Crippen molar-refractivity contribution < 1.29 is 9.53 Å². The first-order valence-corrected chi connectivity index (χ1v) is 12.0. The van der Waals surface area contributed by atoms with Crippen molar-refractivity contribution >= 4 is 22.6 Å². The molecule has 0 aliphatic carbocycles. The van der Waals surface area contributed by atoms with Gasteiger partial charge in [0.15, 0.2) is 0 Å². The topological polar surface area (TPSA) is 98.3 Å². The highest BCUT2D eigenvalue weighted by molar-refractivity contribution is 6.06. The Kier molecular flexibility index (Phi) is 5.47. The first-order chi connectivity index (χ1) is 17.1. The Labute approximate surface area is 203 Å². The monoisotopic (exact) mass is 468 g/mol. The van der Waals surface area contributed by atoms with Crippen LogP contribution in [0.3, 0.4) is 0 Å². The molecule has 1 saturated heterocycles. The Hall–Kier alpha value is -3.75. The number of rotatable bonds is 5. The lowest BCUT2D eigenvalue weighted by Gasteiger charge is -2.39. The number of ether oxygens (including phenoxy) is 1. The Morgan fingerprint density at radius 2 is 2.03 bits per heavy atom. The minimum Gasteiger partial charge on any atom is -0.378 e. The van der Waals surface area contributed by atoms with Gasteiger partial charge in [-0.25, -0.2) is 4.98 Å². The number of aromatic nitrogens is 3. The van der Waals surface area contributed by atoms with Crippen LogP contribution in [0.25, 0.3) is 16.9 Å². The predicted molar refractivity (Wildman–Crippen MR) is 135 cm³/mol. The average molecular weight is 469 g/mol. The predicted octanol–water partition coefficient (Wildman–Crippen LogP) is 3.20. The number of anilines is 1. The molecule has 178 valence electrons. The third kappa shape index (κ3) is 3.94. The smallest absolute Gasteiger partial charge is 0.249 e. The van der Waals surface area contributed by atoms with Gasteiger partial charge in [-0.05, 0) is 30.7 Å². The van der Waals surface area contributed by atoms with Crippen molar-refractivity contribution in [3.63, 3.8) is 0 Å². The van der Waals surface area contributed by atoms with E-state index in [1.807, 2.05) is 47.9 Å². The van der Waals surface area contributed by atoms with Gasteiger partial charge in [0.1, 0.15) is 5.82 Å². The van der Waals surface area contributed by atoms with Crippen LogP contribution >= 0.6 is 0 Å². The molecule has 2 aromatic carbocycles. The van der Waals surface area contributed by atoms with Gasteiger partial charge in [0.25, 0.3) is 0 Å². The summed E-state index contributed by atoms with van der Waals surface area (Å²) in [4.78, 5) is 24.6. The molecule has 8 nitrogen and oxygen atoms in total. The quantitative estimate of drug-likeness (QED) is 0.467. The standard InChI is InChI=1S/C27H28N6O2/c1-17-12-21-20(25(28)34)8-5-9-24(21)33(17)27-30-23-13-19-16-35-11-10-32(19)15-22(23)26(31-27)29-14-18-6-3-2-4-7-18/h2-9,12,19H,10-11,13-16H2,1H3,(H2,28,34)(H,29,30,31). The second kappa shape index (κ2) is 8.79. The highest BCUT2D eigenvalue weighted by Gasteiger charge is 2.32. The van der Waals surface area contributed by atoms with E-state index in [1.54, 1.807) is 6.07 Å². The van der Waals surface area contributed by atoms with E-state index < -0.39 is 5.91 Å². The summed E-state index contributed by atoms with van der Waals surface area (Å²) >= 11 is 0. The summed E-state index contributed by atoms with van der Waals surface area (Å²) in [7, 11) is 0. The van der Waals surface area contributed by atoms with Crippen molar-refractivity contribution in [3.05, 3.63) is 82.7 Å². The van der Waals surface area contributed by atoms with Gasteiger partial charge < -0.3 is 15.8 Å². The number of carbonyl (C=O) groups is 1. The van der Waals surface area contributed by atoms with E-state index in [4.69, 9.17) is 20.4 Å². The molecule has 0 bridgehead atoms. The third-order valence-electron chi connectivity index (χ3n) is 7.02. The summed E-state index contributed by atoms with van der Waals surface area (Å²) in [5.41, 5.74) is 11.3. The molecular formula is C27H28N6O2. The van der Waals surface area contributed by atoms with Crippen LogP contribution in [0, 0.1) is 6.92 Å². The van der Waals surface area contributed by atoms with Crippen LogP contribution < -0.4 is 11.1 Å². The Balaban J connectivity index is 1.47. The van der Waals surface area contributed by atoms with E-state index in [2.05, 4.69) is 22.3 Å². The number of aryl methyl sites for hydroxylation is 1. The minimum absolute atomic E-state index is 0.324. The zero-order valence-electron chi connectivity index (χ0n) is 19.7. The molecule has 3 N–H and O–H groups in total. The number of nitrogens with zero attached hydrogens (tertiary/aromatic N) is 4. The molecule has 8 heteroatoms. The lowest BCUT2D eigenvalue weighted by Crippen LogP contribution is -2.49. The molecule has 1 amide bonds. The Bertz CT molecular complexity index is 1410. The van der Waals surface area contributed by atoms with Gasteiger partial charge in [-0.2, -0.15) is 4.98 Å². The fourth-order valence-electron chi connectivity index (χ4n) is 5.24. The Morgan fingerprint density at radius 3 is 2.86 bits per heavy atom. The molecule has 2 aromatic heterocycles. The van der Waals surface area contributed by atoms with E-state index in [9.17, 15) is 4.79 Å². The van der Waals surface area contributed by atoms with E-state index in [-0.39, 0.29) is 0 Å². The molecule has 2 aliphatic heterocycles. The first kappa shape index (κ1) is 21.8. The number of fused-ring (bicyclic) bond motifs is 3. The van der Waals surface area contributed by atoms with Crippen LogP contribution in [-0.2, 0) is 24.2 Å². The molecule has 0 saturated carbocycles. The second-order valence-corrected chi connectivity index (χ2v) is 9.26. The number of nitrogens with one attached hydrogen (secondary N) is 1. The summed E-state index contributed by atoms with van der Waals surface area (Å²) in [5.74, 6) is 1.01. The number of benzene rings is 2. The van der Waals surface area contributed by atoms with Crippen LogP contribution in [0.4, 0.5) is 5.82 Å². The molecule has 0 radical (unpaired) electrons. The minimum atomic E-state index is -0.443. The van der Waals surface area contributed by atoms with Crippen molar-refractivity contribution in [1.29, 1.82) is 0 Å². The third-order valence-corrected chi connectivity index (χ3v) is 7.02. The lowest BCUT2D eigenvalue weighted by molar-refractivity contribution is -0.0169. The van der Waals surface area contributed by atoms with E-state index in [0.717, 1.165) is 66.4 Å². The van der Waals surface area contributed by atoms with Gasteiger partial charge in [0.2, 0.25) is 11.9 Å². The molecule has 2 aliphatic rings. The number of carbonyl (C=O) groups excluding carboxylic acids is 1. The highest BCUT2D eigenvalue weighted by atomic mass is 16.5. The van der Waals surface area contributed by atoms with Crippen LogP contribution in [0.5, 0.6) is 0 Å². The molecule has 1 atom stereocenters. The summed E-state index contributed by atoms with van der Waals surface area (Å²) in [5, 5.41) is 4.40. The van der Waals surface area contributed by atoms with Crippen molar-refractivity contribution in [2.45, 2.75) is 32.5 Å². The summed E-state index contributed by atoms with van der Waals surface area (Å²) in [6, 6.07) is 18.2. The maximum absolute atomic E-state index is 12.0. The van der Waals surface area contributed by atoms with Gasteiger partial charge in [-0.15, -0.1) is 0 Å². The molecular weight excluding hydrogens is 440 g/mol. The number of morpholine rings is 1.